The van der Waals surface area contributed by atoms with E-state index in [1.54, 1.807) is 0 Å². The quantitative estimate of drug-likeness (QED) is 0.548. The molecule has 1 atom stereocenters. The number of rotatable bonds is 9. The summed E-state index contributed by atoms with van der Waals surface area (Å²) in [5.41, 5.74) is 0. The Bertz CT molecular complexity index is 197. The maximum Gasteiger partial charge on any atom is 0.140 e. The van der Waals surface area contributed by atoms with Crippen molar-refractivity contribution < 1.29 is 9.59 Å². The Kier molecular flexibility index (Phi) is 8.25. The fraction of sp³-hybridized carbons (Fsp3) is 0.846. The summed E-state index contributed by atoms with van der Waals surface area (Å²) >= 11 is 0. The lowest BCUT2D eigenvalue weighted by Crippen LogP contribution is -2.07. The molecule has 0 spiro atoms. The summed E-state index contributed by atoms with van der Waals surface area (Å²) in [5.74, 6) is 0.764. The average molecular weight is 212 g/mol. The van der Waals surface area contributed by atoms with Crippen molar-refractivity contribution in [2.75, 3.05) is 0 Å². The van der Waals surface area contributed by atoms with Crippen LogP contribution in [0.25, 0.3) is 0 Å². The summed E-state index contributed by atoms with van der Waals surface area (Å²) in [4.78, 5) is 22.0. The lowest BCUT2D eigenvalue weighted by Gasteiger charge is -2.13. The van der Waals surface area contributed by atoms with Crippen LogP contribution in [0, 0.1) is 5.92 Å². The zero-order valence-corrected chi connectivity index (χ0v) is 10.3. The zero-order valence-electron chi connectivity index (χ0n) is 10.3. The van der Waals surface area contributed by atoms with Crippen molar-refractivity contribution in [1.29, 1.82) is 0 Å². The molecule has 0 aliphatic heterocycles. The van der Waals surface area contributed by atoms with Crippen LogP contribution >= 0.6 is 0 Å². The first-order chi connectivity index (χ1) is 7.10. The zero-order chi connectivity index (χ0) is 11.7. The van der Waals surface area contributed by atoms with Gasteiger partial charge in [0.25, 0.3) is 0 Å². The van der Waals surface area contributed by atoms with Gasteiger partial charge >= 0.3 is 0 Å². The van der Waals surface area contributed by atoms with Crippen molar-refractivity contribution in [3.8, 4) is 0 Å². The van der Waals surface area contributed by atoms with Crippen molar-refractivity contribution in [3.05, 3.63) is 0 Å². The minimum Gasteiger partial charge on any atom is -0.300 e. The van der Waals surface area contributed by atoms with Crippen LogP contribution < -0.4 is 0 Å². The Morgan fingerprint density at radius 2 is 1.80 bits per heavy atom. The minimum atomic E-state index is -0.0124. The van der Waals surface area contributed by atoms with Crippen LogP contribution in [-0.4, -0.2) is 11.6 Å². The number of ketones is 2. The first kappa shape index (κ1) is 14.3. The topological polar surface area (TPSA) is 34.1 Å². The second-order valence-corrected chi connectivity index (χ2v) is 4.37. The van der Waals surface area contributed by atoms with E-state index in [1.807, 2.05) is 0 Å². The van der Waals surface area contributed by atoms with Crippen LogP contribution in [0.4, 0.5) is 0 Å². The van der Waals surface area contributed by atoms with E-state index in [0.29, 0.717) is 12.3 Å². The number of hydrogen-bond donors (Lipinski definition) is 0. The van der Waals surface area contributed by atoms with Gasteiger partial charge in [0.2, 0.25) is 0 Å². The third-order valence-corrected chi connectivity index (χ3v) is 2.82. The molecule has 0 fully saturated rings. The molecule has 0 N–H and O–H groups in total. The van der Waals surface area contributed by atoms with Gasteiger partial charge in [0.1, 0.15) is 11.6 Å². The van der Waals surface area contributed by atoms with E-state index in [-0.39, 0.29) is 18.0 Å². The highest BCUT2D eigenvalue weighted by atomic mass is 16.1. The van der Waals surface area contributed by atoms with E-state index in [1.165, 1.54) is 26.2 Å². The van der Waals surface area contributed by atoms with Gasteiger partial charge in [0.05, 0.1) is 6.42 Å². The molecule has 2 nitrogen and oxygen atoms in total. The summed E-state index contributed by atoms with van der Waals surface area (Å²) < 4.78 is 0. The largest absolute Gasteiger partial charge is 0.300 e. The second-order valence-electron chi connectivity index (χ2n) is 4.37. The number of unbranched alkanes of at least 4 members (excludes halogenated alkanes) is 1. The Morgan fingerprint density at radius 1 is 1.13 bits per heavy atom. The van der Waals surface area contributed by atoms with Gasteiger partial charge in [-0.2, -0.15) is 0 Å². The molecule has 0 aromatic heterocycles. The third kappa shape index (κ3) is 8.34. The molecule has 0 bridgehead atoms. The van der Waals surface area contributed by atoms with Crippen LogP contribution in [0.5, 0.6) is 0 Å². The van der Waals surface area contributed by atoms with E-state index in [0.717, 1.165) is 12.8 Å². The van der Waals surface area contributed by atoms with E-state index < -0.39 is 0 Å². The van der Waals surface area contributed by atoms with Crippen LogP contribution in [0.15, 0.2) is 0 Å². The lowest BCUT2D eigenvalue weighted by molar-refractivity contribution is -0.126. The van der Waals surface area contributed by atoms with Crippen LogP contribution in [0.3, 0.4) is 0 Å². The average Bonchev–Trinajstić information content (AvgIpc) is 2.17. The molecule has 0 saturated heterocycles. The fourth-order valence-electron chi connectivity index (χ4n) is 1.78. The molecule has 1 unspecified atom stereocenters. The molecule has 0 rings (SSSR count). The molecule has 0 radical (unpaired) electrons. The van der Waals surface area contributed by atoms with Gasteiger partial charge < -0.3 is 0 Å². The van der Waals surface area contributed by atoms with Crippen molar-refractivity contribution in [2.24, 2.45) is 5.92 Å². The highest BCUT2D eigenvalue weighted by molar-refractivity contribution is 5.97. The molecule has 0 aromatic carbocycles. The van der Waals surface area contributed by atoms with Crippen molar-refractivity contribution in [3.63, 3.8) is 0 Å². The van der Waals surface area contributed by atoms with Crippen LogP contribution in [-0.2, 0) is 9.59 Å². The molecule has 0 aliphatic rings. The molecule has 0 aliphatic carbocycles. The molecule has 15 heavy (non-hydrogen) atoms. The van der Waals surface area contributed by atoms with Gasteiger partial charge in [-0.15, -0.1) is 0 Å². The van der Waals surface area contributed by atoms with Crippen molar-refractivity contribution in [2.45, 2.75) is 65.7 Å². The normalized spacial score (nSPS) is 12.5. The summed E-state index contributed by atoms with van der Waals surface area (Å²) in [6.07, 6.45) is 6.51. The van der Waals surface area contributed by atoms with Gasteiger partial charge in [-0.1, -0.05) is 39.5 Å². The van der Waals surface area contributed by atoms with Gasteiger partial charge in [-0.05, 0) is 19.3 Å². The molecule has 0 heterocycles. The minimum absolute atomic E-state index is 0.0124. The number of hydrogen-bond acceptors (Lipinski definition) is 2. The predicted octanol–water partition coefficient (Wildman–Crippen LogP) is 3.53. The standard InChI is InChI=1S/C13H24O2/c1-4-6-7-12(5-2)8-9-13(15)10-11(3)14/h12H,4-10H2,1-3H3. The van der Waals surface area contributed by atoms with Gasteiger partial charge in [0.15, 0.2) is 0 Å². The SMILES string of the molecule is CCCCC(CC)CCC(=O)CC(C)=O. The summed E-state index contributed by atoms with van der Waals surface area (Å²) in [6.45, 7) is 5.84. The Morgan fingerprint density at radius 3 is 2.27 bits per heavy atom. The first-order valence-electron chi connectivity index (χ1n) is 6.11. The second kappa shape index (κ2) is 8.63. The molecular weight excluding hydrogens is 188 g/mol. The molecule has 88 valence electrons. The van der Waals surface area contributed by atoms with Gasteiger partial charge in [0, 0.05) is 6.42 Å². The maximum atomic E-state index is 11.3. The Labute approximate surface area is 93.4 Å². The van der Waals surface area contributed by atoms with Gasteiger partial charge in [-0.3, -0.25) is 9.59 Å². The van der Waals surface area contributed by atoms with E-state index in [2.05, 4.69) is 13.8 Å². The molecule has 0 amide bonds. The third-order valence-electron chi connectivity index (χ3n) is 2.82. The molecule has 0 saturated carbocycles. The summed E-state index contributed by atoms with van der Waals surface area (Å²) in [5, 5.41) is 0. The monoisotopic (exact) mass is 212 g/mol. The van der Waals surface area contributed by atoms with Crippen LogP contribution in [0.1, 0.15) is 65.7 Å². The number of carbonyl (C=O) groups is 2. The van der Waals surface area contributed by atoms with Crippen LogP contribution in [0.2, 0.25) is 0 Å². The molecular formula is C13H24O2. The van der Waals surface area contributed by atoms with Crippen molar-refractivity contribution >= 4 is 11.6 Å². The summed E-state index contributed by atoms with van der Waals surface area (Å²) in [7, 11) is 0. The van der Waals surface area contributed by atoms with Crippen molar-refractivity contribution in [1.82, 2.24) is 0 Å². The highest BCUT2D eigenvalue weighted by Crippen LogP contribution is 2.18. The van der Waals surface area contributed by atoms with E-state index >= 15 is 0 Å². The molecule has 0 aromatic rings. The predicted molar refractivity (Wildman–Crippen MR) is 62.8 cm³/mol. The molecule has 2 heteroatoms. The smallest absolute Gasteiger partial charge is 0.140 e. The van der Waals surface area contributed by atoms with E-state index in [9.17, 15) is 9.59 Å². The lowest BCUT2D eigenvalue weighted by atomic mass is 9.93. The number of carbonyl (C=O) groups excluding carboxylic acids is 2. The summed E-state index contributed by atoms with van der Waals surface area (Å²) in [6, 6.07) is 0. The first-order valence-corrected chi connectivity index (χ1v) is 6.11. The Hall–Kier alpha value is -0.660. The Balaban J connectivity index is 3.69. The fourth-order valence-corrected chi connectivity index (χ4v) is 1.78. The maximum absolute atomic E-state index is 11.3. The highest BCUT2D eigenvalue weighted by Gasteiger charge is 2.10. The van der Waals surface area contributed by atoms with E-state index in [4.69, 9.17) is 0 Å². The van der Waals surface area contributed by atoms with Gasteiger partial charge in [-0.25, -0.2) is 0 Å². The number of Topliss-reactive ketones (excluding diaryl/α,β-unsaturated/α-hetero) is 2.